The van der Waals surface area contributed by atoms with Gasteiger partial charge in [-0.25, -0.2) is 4.68 Å². The quantitative estimate of drug-likeness (QED) is 0.729. The molecule has 0 spiro atoms. The van der Waals surface area contributed by atoms with E-state index in [9.17, 15) is 9.59 Å². The highest BCUT2D eigenvalue weighted by atomic mass is 16.5. The molecule has 19 heavy (non-hydrogen) atoms. The fourth-order valence-corrected chi connectivity index (χ4v) is 1.55. The second-order valence-electron chi connectivity index (χ2n) is 3.70. The smallest absolute Gasteiger partial charge is 0.308 e. The molecule has 0 bridgehead atoms. The molecule has 0 fully saturated rings. The summed E-state index contributed by atoms with van der Waals surface area (Å²) in [5.74, 6) is -0.552. The third-order valence-electron chi connectivity index (χ3n) is 2.45. The molecule has 0 radical (unpaired) electrons. The molecule has 0 saturated heterocycles. The molecule has 2 aromatic rings. The Morgan fingerprint density at radius 1 is 1.42 bits per heavy atom. The van der Waals surface area contributed by atoms with Crippen molar-refractivity contribution in [3.8, 4) is 6.07 Å². The number of carbonyl (C=O) groups excluding carboxylic acids is 1. The van der Waals surface area contributed by atoms with Gasteiger partial charge in [-0.15, -0.1) is 5.10 Å². The van der Waals surface area contributed by atoms with E-state index in [1.165, 1.54) is 0 Å². The number of esters is 1. The zero-order valence-corrected chi connectivity index (χ0v) is 9.94. The molecule has 2 rings (SSSR count). The summed E-state index contributed by atoms with van der Waals surface area (Å²) in [6.07, 6.45) is -0.0331. The molecular weight excluding hydrogens is 248 g/mol. The lowest BCUT2D eigenvalue weighted by Crippen LogP contribution is -2.25. The minimum atomic E-state index is -0.552. The van der Waals surface area contributed by atoms with E-state index in [-0.39, 0.29) is 25.1 Å². The number of rotatable bonds is 4. The van der Waals surface area contributed by atoms with Crippen LogP contribution in [0.1, 0.15) is 6.42 Å². The van der Waals surface area contributed by atoms with E-state index in [1.807, 2.05) is 0 Å². The highest BCUT2D eigenvalue weighted by molar-refractivity contribution is 5.76. The Morgan fingerprint density at radius 3 is 3.00 bits per heavy atom. The fraction of sp³-hybridized carbons (Fsp3) is 0.250. The van der Waals surface area contributed by atoms with Crippen LogP contribution in [0.15, 0.2) is 29.1 Å². The third-order valence-corrected chi connectivity index (χ3v) is 2.45. The summed E-state index contributed by atoms with van der Waals surface area (Å²) < 4.78 is 5.68. The van der Waals surface area contributed by atoms with Gasteiger partial charge in [0.2, 0.25) is 0 Å². The van der Waals surface area contributed by atoms with Crippen LogP contribution < -0.4 is 5.56 Å². The van der Waals surface area contributed by atoms with Gasteiger partial charge in [0.1, 0.15) is 11.6 Å². The van der Waals surface area contributed by atoms with Crippen molar-refractivity contribution in [2.24, 2.45) is 0 Å². The van der Waals surface area contributed by atoms with Crippen molar-refractivity contribution in [3.05, 3.63) is 34.6 Å². The van der Waals surface area contributed by atoms with Gasteiger partial charge in [-0.05, 0) is 12.1 Å². The predicted molar refractivity (Wildman–Crippen MR) is 65.0 cm³/mol. The molecule has 0 amide bonds. The minimum absolute atomic E-state index is 0.0331. The monoisotopic (exact) mass is 258 g/mol. The summed E-state index contributed by atoms with van der Waals surface area (Å²) >= 11 is 0. The van der Waals surface area contributed by atoms with Crippen LogP contribution >= 0.6 is 0 Å². The van der Waals surface area contributed by atoms with Crippen molar-refractivity contribution in [1.29, 1.82) is 5.26 Å². The zero-order chi connectivity index (χ0) is 13.7. The van der Waals surface area contributed by atoms with E-state index >= 15 is 0 Å². The summed E-state index contributed by atoms with van der Waals surface area (Å²) in [5, 5.41) is 16.3. The van der Waals surface area contributed by atoms with E-state index in [1.54, 1.807) is 30.3 Å². The number of aryl methyl sites for hydroxylation is 1. The highest BCUT2D eigenvalue weighted by Gasteiger charge is 2.08. The second-order valence-corrected chi connectivity index (χ2v) is 3.70. The Bertz CT molecular complexity index is 702. The van der Waals surface area contributed by atoms with Crippen LogP contribution in [-0.4, -0.2) is 27.6 Å². The van der Waals surface area contributed by atoms with Crippen LogP contribution in [0.4, 0.5) is 0 Å². The van der Waals surface area contributed by atoms with E-state index < -0.39 is 5.97 Å². The first kappa shape index (κ1) is 12.7. The molecule has 0 unspecified atom stereocenters. The van der Waals surface area contributed by atoms with Gasteiger partial charge in [0, 0.05) is 0 Å². The van der Waals surface area contributed by atoms with Gasteiger partial charge >= 0.3 is 5.97 Å². The van der Waals surface area contributed by atoms with Gasteiger partial charge in [-0.3, -0.25) is 9.59 Å². The molecular formula is C12H10N4O3. The number of benzene rings is 1. The standard InChI is InChI=1S/C12H10N4O3/c13-6-8-19-11(17)5-7-16-12(18)9-3-1-2-4-10(9)14-15-16/h1-4H,5,7-8H2. The lowest BCUT2D eigenvalue weighted by Gasteiger charge is -2.04. The van der Waals surface area contributed by atoms with Crippen LogP contribution in [0.3, 0.4) is 0 Å². The number of carbonyl (C=O) groups is 1. The average molecular weight is 258 g/mol. The van der Waals surface area contributed by atoms with E-state index in [4.69, 9.17) is 5.26 Å². The predicted octanol–water partition coefficient (Wildman–Crippen LogP) is 0.248. The van der Waals surface area contributed by atoms with Crippen molar-refractivity contribution in [2.45, 2.75) is 13.0 Å². The van der Waals surface area contributed by atoms with Crippen molar-refractivity contribution in [1.82, 2.24) is 15.0 Å². The topological polar surface area (TPSA) is 97.9 Å². The van der Waals surface area contributed by atoms with Gasteiger partial charge in [-0.1, -0.05) is 17.3 Å². The molecule has 1 heterocycles. The first-order valence-corrected chi connectivity index (χ1v) is 5.57. The lowest BCUT2D eigenvalue weighted by molar-refractivity contribution is -0.142. The Kier molecular flexibility index (Phi) is 3.83. The van der Waals surface area contributed by atoms with Crippen LogP contribution in [0, 0.1) is 11.3 Å². The van der Waals surface area contributed by atoms with Gasteiger partial charge in [0.15, 0.2) is 6.61 Å². The second kappa shape index (κ2) is 5.73. The summed E-state index contributed by atoms with van der Waals surface area (Å²) in [6.45, 7) is -0.224. The van der Waals surface area contributed by atoms with Crippen molar-refractivity contribution < 1.29 is 9.53 Å². The zero-order valence-electron chi connectivity index (χ0n) is 9.94. The number of nitriles is 1. The Labute approximate surface area is 108 Å². The highest BCUT2D eigenvalue weighted by Crippen LogP contribution is 2.03. The molecule has 0 aliphatic heterocycles. The SMILES string of the molecule is N#CCOC(=O)CCn1nnc2ccccc2c1=O. The first-order chi connectivity index (χ1) is 9.22. The van der Waals surface area contributed by atoms with Gasteiger partial charge in [0.25, 0.3) is 5.56 Å². The van der Waals surface area contributed by atoms with E-state index in [0.717, 1.165) is 4.68 Å². The molecule has 1 aromatic carbocycles. The average Bonchev–Trinajstić information content (AvgIpc) is 2.44. The van der Waals surface area contributed by atoms with Gasteiger partial charge in [-0.2, -0.15) is 5.26 Å². The summed E-state index contributed by atoms with van der Waals surface area (Å²) in [5.41, 5.74) is 0.203. The normalized spacial score (nSPS) is 10.1. The molecule has 0 aliphatic rings. The molecule has 0 N–H and O–H groups in total. The molecule has 96 valence electrons. The Balaban J connectivity index is 2.14. The maximum Gasteiger partial charge on any atom is 0.308 e. The number of fused-ring (bicyclic) bond motifs is 1. The van der Waals surface area contributed by atoms with Crippen molar-refractivity contribution in [3.63, 3.8) is 0 Å². The molecule has 0 aliphatic carbocycles. The summed E-state index contributed by atoms with van der Waals surface area (Å²) in [7, 11) is 0. The Morgan fingerprint density at radius 2 is 2.21 bits per heavy atom. The fourth-order valence-electron chi connectivity index (χ4n) is 1.55. The number of hydrogen-bond donors (Lipinski definition) is 0. The summed E-state index contributed by atoms with van der Waals surface area (Å²) in [6, 6.07) is 8.53. The number of ether oxygens (including phenoxy) is 1. The molecule has 1 aromatic heterocycles. The van der Waals surface area contributed by atoms with Crippen LogP contribution in [-0.2, 0) is 16.1 Å². The summed E-state index contributed by atoms with van der Waals surface area (Å²) in [4.78, 5) is 23.2. The first-order valence-electron chi connectivity index (χ1n) is 5.57. The minimum Gasteiger partial charge on any atom is -0.450 e. The molecule has 7 heteroatoms. The molecule has 0 atom stereocenters. The van der Waals surface area contributed by atoms with Crippen LogP contribution in [0.25, 0.3) is 10.9 Å². The molecule has 0 saturated carbocycles. The largest absolute Gasteiger partial charge is 0.450 e. The number of aromatic nitrogens is 3. The lowest BCUT2D eigenvalue weighted by atomic mass is 10.2. The maximum absolute atomic E-state index is 12.0. The van der Waals surface area contributed by atoms with Crippen LogP contribution in [0.5, 0.6) is 0 Å². The Hall–Kier alpha value is -2.75. The van der Waals surface area contributed by atoms with E-state index in [0.29, 0.717) is 10.9 Å². The van der Waals surface area contributed by atoms with E-state index in [2.05, 4.69) is 15.0 Å². The van der Waals surface area contributed by atoms with Gasteiger partial charge < -0.3 is 4.74 Å². The van der Waals surface area contributed by atoms with Crippen molar-refractivity contribution in [2.75, 3.05) is 6.61 Å². The van der Waals surface area contributed by atoms with Gasteiger partial charge in [0.05, 0.1) is 18.4 Å². The number of nitrogens with zero attached hydrogens (tertiary/aromatic N) is 4. The number of hydrogen-bond acceptors (Lipinski definition) is 6. The third kappa shape index (κ3) is 2.93. The van der Waals surface area contributed by atoms with Crippen LogP contribution in [0.2, 0.25) is 0 Å². The molecule has 7 nitrogen and oxygen atoms in total. The van der Waals surface area contributed by atoms with Crippen molar-refractivity contribution >= 4 is 16.9 Å². The maximum atomic E-state index is 12.0.